The van der Waals surface area contributed by atoms with Gasteiger partial charge in [0.15, 0.2) is 0 Å². The van der Waals surface area contributed by atoms with Crippen molar-refractivity contribution in [3.8, 4) is 0 Å². The van der Waals surface area contributed by atoms with E-state index in [0.29, 0.717) is 0 Å². The van der Waals surface area contributed by atoms with E-state index in [-0.39, 0.29) is 10.0 Å². The molecule has 6 heteroatoms. The summed E-state index contributed by atoms with van der Waals surface area (Å²) in [6.45, 7) is -0.895. The van der Waals surface area contributed by atoms with Gasteiger partial charge >= 0.3 is 6.18 Å². The summed E-state index contributed by atoms with van der Waals surface area (Å²) in [6, 6.07) is 2.13. The van der Waals surface area contributed by atoms with Gasteiger partial charge in [0.2, 0.25) is 0 Å². The zero-order valence-electron chi connectivity index (χ0n) is 7.48. The lowest BCUT2D eigenvalue weighted by molar-refractivity contribution is -0.137. The van der Waals surface area contributed by atoms with Gasteiger partial charge in [-0.2, -0.15) is 13.2 Å². The van der Waals surface area contributed by atoms with Crippen LogP contribution in [0.3, 0.4) is 0 Å². The van der Waals surface area contributed by atoms with E-state index in [0.717, 1.165) is 12.1 Å². The van der Waals surface area contributed by atoms with E-state index in [4.69, 9.17) is 5.73 Å². The topological polar surface area (TPSA) is 26.0 Å². The summed E-state index contributed by atoms with van der Waals surface area (Å²) < 4.78 is 49.5. The molecular formula is C9H8BrF4N. The van der Waals surface area contributed by atoms with Gasteiger partial charge in [0, 0.05) is 4.47 Å². The predicted octanol–water partition coefficient (Wildman–Crippen LogP) is 3.44. The standard InChI is InChI=1S/C9H8BrF4N/c10-7-2-5(8(15)4-11)1-6(3-7)9(12,13)14/h1-3,8H,4,15H2/t8-/m1/s1. The van der Waals surface area contributed by atoms with E-state index in [1.165, 1.54) is 6.07 Å². The summed E-state index contributed by atoms with van der Waals surface area (Å²) in [6.07, 6.45) is -4.45. The van der Waals surface area contributed by atoms with Crippen molar-refractivity contribution in [2.24, 2.45) is 5.73 Å². The van der Waals surface area contributed by atoms with Crippen LogP contribution in [0.4, 0.5) is 17.6 Å². The lowest BCUT2D eigenvalue weighted by Crippen LogP contribution is -2.14. The molecule has 0 heterocycles. The van der Waals surface area contributed by atoms with Crippen molar-refractivity contribution in [1.82, 2.24) is 0 Å². The van der Waals surface area contributed by atoms with Crippen LogP contribution in [0.1, 0.15) is 17.2 Å². The molecule has 1 rings (SSSR count). The van der Waals surface area contributed by atoms with Gasteiger partial charge in [-0.1, -0.05) is 15.9 Å². The number of nitrogens with two attached hydrogens (primary N) is 1. The van der Waals surface area contributed by atoms with Gasteiger partial charge in [-0.15, -0.1) is 0 Å². The van der Waals surface area contributed by atoms with Crippen LogP contribution in [-0.4, -0.2) is 6.67 Å². The molecular weight excluding hydrogens is 278 g/mol. The molecule has 0 aliphatic rings. The molecule has 0 spiro atoms. The fourth-order valence-corrected chi connectivity index (χ4v) is 1.59. The number of benzene rings is 1. The number of halogens is 5. The highest BCUT2D eigenvalue weighted by atomic mass is 79.9. The van der Waals surface area contributed by atoms with Crippen LogP contribution >= 0.6 is 15.9 Å². The fourth-order valence-electron chi connectivity index (χ4n) is 1.08. The first kappa shape index (κ1) is 12.4. The molecule has 1 aromatic rings. The molecule has 0 saturated heterocycles. The summed E-state index contributed by atoms with van der Waals surface area (Å²) in [5, 5.41) is 0. The van der Waals surface area contributed by atoms with E-state index in [9.17, 15) is 17.6 Å². The Morgan fingerprint density at radius 3 is 2.33 bits per heavy atom. The molecule has 0 radical (unpaired) electrons. The molecule has 1 nitrogen and oxygen atoms in total. The third-order valence-electron chi connectivity index (χ3n) is 1.84. The summed E-state index contributed by atoms with van der Waals surface area (Å²) >= 11 is 2.92. The maximum atomic E-state index is 12.4. The van der Waals surface area contributed by atoms with Gasteiger partial charge < -0.3 is 5.73 Å². The molecule has 2 N–H and O–H groups in total. The maximum Gasteiger partial charge on any atom is 0.416 e. The minimum Gasteiger partial charge on any atom is -0.322 e. The van der Waals surface area contributed by atoms with E-state index < -0.39 is 24.5 Å². The first-order valence-corrected chi connectivity index (χ1v) is 4.83. The van der Waals surface area contributed by atoms with E-state index in [1.807, 2.05) is 0 Å². The molecule has 1 aromatic carbocycles. The Bertz CT molecular complexity index is 350. The number of alkyl halides is 4. The van der Waals surface area contributed by atoms with E-state index in [1.54, 1.807) is 0 Å². The third-order valence-corrected chi connectivity index (χ3v) is 2.30. The Hall–Kier alpha value is -0.620. The van der Waals surface area contributed by atoms with Gasteiger partial charge in [-0.25, -0.2) is 4.39 Å². The predicted molar refractivity (Wildman–Crippen MR) is 52.0 cm³/mol. The fraction of sp³-hybridized carbons (Fsp3) is 0.333. The Labute approximate surface area is 92.4 Å². The van der Waals surface area contributed by atoms with Crippen molar-refractivity contribution < 1.29 is 17.6 Å². The molecule has 0 aliphatic heterocycles. The minimum absolute atomic E-state index is 0.124. The summed E-state index contributed by atoms with van der Waals surface area (Å²) in [7, 11) is 0. The molecule has 0 bridgehead atoms. The second-order valence-corrected chi connectivity index (χ2v) is 3.95. The number of rotatable bonds is 2. The van der Waals surface area contributed by atoms with Crippen molar-refractivity contribution in [3.63, 3.8) is 0 Å². The summed E-state index contributed by atoms with van der Waals surface area (Å²) in [5.41, 5.74) is 4.60. The first-order valence-electron chi connectivity index (χ1n) is 4.04. The van der Waals surface area contributed by atoms with E-state index >= 15 is 0 Å². The Morgan fingerprint density at radius 2 is 1.87 bits per heavy atom. The van der Waals surface area contributed by atoms with Gasteiger partial charge in [-0.3, -0.25) is 0 Å². The second-order valence-electron chi connectivity index (χ2n) is 3.03. The highest BCUT2D eigenvalue weighted by Gasteiger charge is 2.31. The third kappa shape index (κ3) is 3.17. The lowest BCUT2D eigenvalue weighted by atomic mass is 10.1. The normalized spacial score (nSPS) is 14.0. The monoisotopic (exact) mass is 285 g/mol. The van der Waals surface area contributed by atoms with Gasteiger partial charge in [0.25, 0.3) is 0 Å². The Kier molecular flexibility index (Phi) is 3.72. The van der Waals surface area contributed by atoms with Crippen LogP contribution < -0.4 is 5.73 Å². The van der Waals surface area contributed by atoms with Crippen molar-refractivity contribution >= 4 is 15.9 Å². The minimum atomic E-state index is -4.45. The van der Waals surface area contributed by atoms with Gasteiger partial charge in [0.05, 0.1) is 11.6 Å². The van der Waals surface area contributed by atoms with E-state index in [2.05, 4.69) is 15.9 Å². The zero-order valence-corrected chi connectivity index (χ0v) is 9.07. The SMILES string of the molecule is N[C@H](CF)c1cc(Br)cc(C(F)(F)F)c1. The molecule has 0 aliphatic carbocycles. The molecule has 0 amide bonds. The van der Waals surface area contributed by atoms with Crippen molar-refractivity contribution in [1.29, 1.82) is 0 Å². The van der Waals surface area contributed by atoms with Crippen molar-refractivity contribution in [2.75, 3.05) is 6.67 Å². The van der Waals surface area contributed by atoms with Crippen LogP contribution in [0.15, 0.2) is 22.7 Å². The molecule has 0 unspecified atom stereocenters. The largest absolute Gasteiger partial charge is 0.416 e. The van der Waals surface area contributed by atoms with Crippen LogP contribution in [-0.2, 0) is 6.18 Å². The lowest BCUT2D eigenvalue weighted by Gasteiger charge is -2.12. The molecule has 84 valence electrons. The van der Waals surface area contributed by atoms with Gasteiger partial charge in [-0.05, 0) is 23.8 Å². The molecule has 0 fully saturated rings. The molecule has 0 saturated carbocycles. The van der Waals surface area contributed by atoms with Crippen LogP contribution in [0, 0.1) is 0 Å². The van der Waals surface area contributed by atoms with Gasteiger partial charge in [0.1, 0.15) is 6.67 Å². The second kappa shape index (κ2) is 4.49. The average Bonchev–Trinajstić information content (AvgIpc) is 2.14. The zero-order chi connectivity index (χ0) is 11.6. The summed E-state index contributed by atoms with van der Waals surface area (Å²) in [4.78, 5) is 0. The number of hydrogen-bond donors (Lipinski definition) is 1. The van der Waals surface area contributed by atoms with Crippen molar-refractivity contribution in [2.45, 2.75) is 12.2 Å². The number of hydrogen-bond acceptors (Lipinski definition) is 1. The molecule has 15 heavy (non-hydrogen) atoms. The molecule has 1 atom stereocenters. The average molecular weight is 286 g/mol. The van der Waals surface area contributed by atoms with Crippen LogP contribution in [0.5, 0.6) is 0 Å². The summed E-state index contributed by atoms with van der Waals surface area (Å²) in [5.74, 6) is 0. The maximum absolute atomic E-state index is 12.4. The quantitative estimate of drug-likeness (QED) is 0.828. The van der Waals surface area contributed by atoms with Crippen molar-refractivity contribution in [3.05, 3.63) is 33.8 Å². The van der Waals surface area contributed by atoms with Crippen LogP contribution in [0.2, 0.25) is 0 Å². The Balaban J connectivity index is 3.17. The highest BCUT2D eigenvalue weighted by Crippen LogP contribution is 2.33. The molecule has 0 aromatic heterocycles. The Morgan fingerprint density at radius 1 is 1.27 bits per heavy atom. The highest BCUT2D eigenvalue weighted by molar-refractivity contribution is 9.10. The smallest absolute Gasteiger partial charge is 0.322 e. The first-order chi connectivity index (χ1) is 6.84. The van der Waals surface area contributed by atoms with Crippen LogP contribution in [0.25, 0.3) is 0 Å².